The topological polar surface area (TPSA) is 36.4 Å². The van der Waals surface area contributed by atoms with Crippen molar-refractivity contribution in [3.05, 3.63) is 29.8 Å². The summed E-state index contributed by atoms with van der Waals surface area (Å²) in [6.45, 7) is 0. The smallest absolute Gasteiger partial charge is 0.331 e. The Kier molecular flexibility index (Phi) is 4.59. The van der Waals surface area contributed by atoms with Gasteiger partial charge in [-0.05, 0) is 56.1 Å². The van der Waals surface area contributed by atoms with Crippen molar-refractivity contribution >= 4 is 28.7 Å². The van der Waals surface area contributed by atoms with E-state index >= 15 is 0 Å². The normalized spacial score (nSPS) is 15.1. The predicted octanol–water partition coefficient (Wildman–Crippen LogP) is 3.92. The Morgan fingerprint density at radius 1 is 1.20 bits per heavy atom. The lowest BCUT2D eigenvalue weighted by Gasteiger charge is -2.11. The van der Waals surface area contributed by atoms with E-state index in [9.17, 15) is 13.2 Å². The lowest BCUT2D eigenvalue weighted by Crippen LogP contribution is -2.25. The molecule has 0 unspecified atom stereocenters. The van der Waals surface area contributed by atoms with E-state index in [2.05, 4.69) is 15.8 Å². The molecular weight excluding hydrogens is 287 g/mol. The SMILES string of the molecule is FC(F)(F)c1cccc(NC(=S)NN=C2CCCC2)c1. The van der Waals surface area contributed by atoms with E-state index in [1.807, 2.05) is 0 Å². The molecule has 3 nitrogen and oxygen atoms in total. The fourth-order valence-electron chi connectivity index (χ4n) is 1.96. The summed E-state index contributed by atoms with van der Waals surface area (Å²) < 4.78 is 37.7. The molecule has 1 saturated carbocycles. The number of benzene rings is 1. The summed E-state index contributed by atoms with van der Waals surface area (Å²) in [5, 5.41) is 7.01. The van der Waals surface area contributed by atoms with E-state index in [4.69, 9.17) is 12.2 Å². The Labute approximate surface area is 120 Å². The molecule has 0 spiro atoms. The fourth-order valence-corrected chi connectivity index (χ4v) is 2.12. The molecule has 0 radical (unpaired) electrons. The molecule has 0 aliphatic heterocycles. The van der Waals surface area contributed by atoms with Crippen molar-refractivity contribution in [3.63, 3.8) is 0 Å². The highest BCUT2D eigenvalue weighted by molar-refractivity contribution is 7.80. The van der Waals surface area contributed by atoms with Crippen LogP contribution in [0.4, 0.5) is 18.9 Å². The summed E-state index contributed by atoms with van der Waals surface area (Å²) in [7, 11) is 0. The molecule has 0 heterocycles. The molecule has 108 valence electrons. The van der Waals surface area contributed by atoms with Crippen LogP contribution in [0.1, 0.15) is 31.2 Å². The van der Waals surface area contributed by atoms with Crippen LogP contribution in [0, 0.1) is 0 Å². The number of thiocarbonyl (C=S) groups is 1. The first kappa shape index (κ1) is 14.8. The summed E-state index contributed by atoms with van der Waals surface area (Å²) in [6.07, 6.45) is -0.238. The van der Waals surface area contributed by atoms with Crippen molar-refractivity contribution in [1.29, 1.82) is 0 Å². The summed E-state index contributed by atoms with van der Waals surface area (Å²) in [5.74, 6) is 0. The van der Waals surface area contributed by atoms with Crippen LogP contribution in [0.25, 0.3) is 0 Å². The minimum Gasteiger partial charge on any atom is -0.331 e. The number of hydrogen-bond acceptors (Lipinski definition) is 2. The average molecular weight is 301 g/mol. The highest BCUT2D eigenvalue weighted by atomic mass is 32.1. The van der Waals surface area contributed by atoms with Crippen LogP contribution < -0.4 is 10.7 Å². The van der Waals surface area contributed by atoms with Gasteiger partial charge in [0.15, 0.2) is 5.11 Å². The summed E-state index contributed by atoms with van der Waals surface area (Å²) in [5.41, 5.74) is 3.26. The number of halogens is 3. The van der Waals surface area contributed by atoms with E-state index < -0.39 is 11.7 Å². The summed E-state index contributed by atoms with van der Waals surface area (Å²) in [6, 6.07) is 4.87. The molecule has 1 aromatic rings. The van der Waals surface area contributed by atoms with E-state index in [-0.39, 0.29) is 10.8 Å². The van der Waals surface area contributed by atoms with Crippen molar-refractivity contribution in [2.24, 2.45) is 5.10 Å². The predicted molar refractivity (Wildman–Crippen MR) is 76.7 cm³/mol. The molecule has 0 aromatic heterocycles. The molecule has 7 heteroatoms. The lowest BCUT2D eigenvalue weighted by atomic mass is 10.2. The second-order valence-electron chi connectivity index (χ2n) is 4.53. The molecule has 1 aromatic carbocycles. The molecular formula is C13H14F3N3S. The minimum atomic E-state index is -4.36. The van der Waals surface area contributed by atoms with Gasteiger partial charge in [0.25, 0.3) is 0 Å². The third-order valence-electron chi connectivity index (χ3n) is 2.94. The highest BCUT2D eigenvalue weighted by Crippen LogP contribution is 2.30. The van der Waals surface area contributed by atoms with Gasteiger partial charge in [0.1, 0.15) is 0 Å². The van der Waals surface area contributed by atoms with Crippen molar-refractivity contribution in [2.45, 2.75) is 31.9 Å². The van der Waals surface area contributed by atoms with E-state index in [1.165, 1.54) is 12.1 Å². The molecule has 1 aliphatic rings. The zero-order valence-corrected chi connectivity index (χ0v) is 11.4. The van der Waals surface area contributed by atoms with E-state index in [1.54, 1.807) is 0 Å². The van der Waals surface area contributed by atoms with E-state index in [0.717, 1.165) is 43.5 Å². The number of hydrogen-bond donors (Lipinski definition) is 2. The van der Waals surface area contributed by atoms with Gasteiger partial charge < -0.3 is 5.32 Å². The maximum Gasteiger partial charge on any atom is 0.416 e. The molecule has 0 atom stereocenters. The van der Waals surface area contributed by atoms with Gasteiger partial charge in [-0.15, -0.1) is 0 Å². The van der Waals surface area contributed by atoms with Gasteiger partial charge in [0, 0.05) is 11.4 Å². The average Bonchev–Trinajstić information content (AvgIpc) is 2.89. The van der Waals surface area contributed by atoms with Crippen molar-refractivity contribution < 1.29 is 13.2 Å². The molecule has 20 heavy (non-hydrogen) atoms. The lowest BCUT2D eigenvalue weighted by molar-refractivity contribution is -0.137. The molecule has 2 rings (SSSR count). The first-order valence-corrected chi connectivity index (χ1v) is 6.66. The van der Waals surface area contributed by atoms with Crippen molar-refractivity contribution in [1.82, 2.24) is 5.43 Å². The molecule has 2 N–H and O–H groups in total. The third kappa shape index (κ3) is 4.19. The van der Waals surface area contributed by atoms with Gasteiger partial charge in [-0.2, -0.15) is 18.3 Å². The zero-order valence-electron chi connectivity index (χ0n) is 10.6. The first-order chi connectivity index (χ1) is 9.45. The maximum atomic E-state index is 12.6. The van der Waals surface area contributed by atoms with Crippen LogP contribution in [0.5, 0.6) is 0 Å². The van der Waals surface area contributed by atoms with Gasteiger partial charge in [-0.25, -0.2) is 0 Å². The fraction of sp³-hybridized carbons (Fsp3) is 0.385. The van der Waals surface area contributed by atoms with Crippen LogP contribution >= 0.6 is 12.2 Å². The quantitative estimate of drug-likeness (QED) is 0.642. The molecule has 1 aliphatic carbocycles. The molecule has 1 fully saturated rings. The Bertz CT molecular complexity index is 518. The Hall–Kier alpha value is -1.63. The maximum absolute atomic E-state index is 12.6. The van der Waals surface area contributed by atoms with Crippen LogP contribution in [0.3, 0.4) is 0 Å². The Morgan fingerprint density at radius 3 is 2.55 bits per heavy atom. The first-order valence-electron chi connectivity index (χ1n) is 6.25. The van der Waals surface area contributed by atoms with Gasteiger partial charge in [-0.3, -0.25) is 5.43 Å². The van der Waals surface area contributed by atoms with Crippen LogP contribution in [-0.2, 0) is 6.18 Å². The molecule has 0 amide bonds. The summed E-state index contributed by atoms with van der Waals surface area (Å²) in [4.78, 5) is 0. The van der Waals surface area contributed by atoms with Crippen molar-refractivity contribution in [2.75, 3.05) is 5.32 Å². The van der Waals surface area contributed by atoms with E-state index in [0.29, 0.717) is 0 Å². The zero-order chi connectivity index (χ0) is 14.6. The minimum absolute atomic E-state index is 0.184. The summed E-state index contributed by atoms with van der Waals surface area (Å²) >= 11 is 5.00. The van der Waals surface area contributed by atoms with Crippen LogP contribution in [0.15, 0.2) is 29.4 Å². The Balaban J connectivity index is 1.95. The number of alkyl halides is 3. The van der Waals surface area contributed by atoms with Gasteiger partial charge in [0.2, 0.25) is 0 Å². The second-order valence-corrected chi connectivity index (χ2v) is 4.94. The molecule has 0 bridgehead atoms. The third-order valence-corrected chi connectivity index (χ3v) is 3.14. The number of nitrogens with zero attached hydrogens (tertiary/aromatic N) is 1. The number of nitrogens with one attached hydrogen (secondary N) is 2. The number of anilines is 1. The number of rotatable bonds is 2. The van der Waals surface area contributed by atoms with Gasteiger partial charge >= 0.3 is 6.18 Å². The van der Waals surface area contributed by atoms with Gasteiger partial charge in [0.05, 0.1) is 5.56 Å². The Morgan fingerprint density at radius 2 is 1.90 bits per heavy atom. The second kappa shape index (κ2) is 6.21. The van der Waals surface area contributed by atoms with Crippen LogP contribution in [-0.4, -0.2) is 10.8 Å². The van der Waals surface area contributed by atoms with Gasteiger partial charge in [-0.1, -0.05) is 6.07 Å². The highest BCUT2D eigenvalue weighted by Gasteiger charge is 2.30. The molecule has 0 saturated heterocycles. The number of hydrazone groups is 1. The van der Waals surface area contributed by atoms with Crippen molar-refractivity contribution in [3.8, 4) is 0 Å². The standard InChI is InChI=1S/C13H14F3N3S/c14-13(15,16)9-4-3-7-11(8-9)17-12(20)19-18-10-5-1-2-6-10/h3-4,7-8H,1-2,5-6H2,(H2,17,19,20). The largest absolute Gasteiger partial charge is 0.416 e. The monoisotopic (exact) mass is 301 g/mol. The van der Waals surface area contributed by atoms with Crippen LogP contribution in [0.2, 0.25) is 0 Å².